The summed E-state index contributed by atoms with van der Waals surface area (Å²) in [4.78, 5) is 10.9. The van der Waals surface area contributed by atoms with E-state index in [4.69, 9.17) is 0 Å². The molecule has 2 nitrogen and oxygen atoms in total. The highest BCUT2D eigenvalue weighted by Gasteiger charge is 2.03. The Morgan fingerprint density at radius 2 is 1.64 bits per heavy atom. The smallest absolute Gasteiger partial charge is 0.222 e. The predicted molar refractivity (Wildman–Crippen MR) is 67.6 cm³/mol. The van der Waals surface area contributed by atoms with Crippen molar-refractivity contribution >= 4 is 5.91 Å². The van der Waals surface area contributed by atoms with Crippen molar-refractivity contribution in [1.82, 2.24) is 5.32 Å². The van der Waals surface area contributed by atoms with Gasteiger partial charge in [-0.15, -0.1) is 0 Å². The Labute approximate surface area is 92.0 Å². The fraction of sp³-hybridized carbons (Fsp3) is 0.917. The van der Waals surface area contributed by atoms with Crippen LogP contribution in [0.25, 0.3) is 0 Å². The molecule has 0 spiro atoms. The maximum Gasteiger partial charge on any atom is 0.222 e. The molecule has 0 aliphatic rings. The largest absolute Gasteiger partial charge is 0.356 e. The van der Waals surface area contributed by atoms with Crippen LogP contribution in [-0.2, 0) is 4.79 Å². The summed E-state index contributed by atoms with van der Waals surface area (Å²) < 4.78 is 0. The van der Waals surface area contributed by atoms with E-state index in [0.717, 1.165) is 19.4 Å². The molecule has 0 aromatic heterocycles. The first-order chi connectivity index (χ1) is 6.68. The van der Waals surface area contributed by atoms with E-state index in [-0.39, 0.29) is 13.3 Å². The average molecular weight is 205 g/mol. The van der Waals surface area contributed by atoms with Crippen LogP contribution in [0.1, 0.15) is 62.7 Å². The molecule has 0 rings (SSSR count). The second kappa shape index (κ2) is 18.3. The molecular weight excluding hydrogens is 174 g/mol. The van der Waals surface area contributed by atoms with Gasteiger partial charge in [0.25, 0.3) is 0 Å². The number of hydrogen-bond donors (Lipinski definition) is 1. The molecule has 0 saturated carbocycles. The van der Waals surface area contributed by atoms with Crippen LogP contribution in [0, 0.1) is 5.92 Å². The summed E-state index contributed by atoms with van der Waals surface area (Å²) >= 11 is 0. The molecule has 2 heteroatoms. The van der Waals surface area contributed by atoms with Crippen LogP contribution in [0.4, 0.5) is 0 Å². The summed E-state index contributed by atoms with van der Waals surface area (Å²) in [6.45, 7) is 14.7. The lowest BCUT2D eigenvalue weighted by atomic mass is 10.2. The fourth-order valence-corrected chi connectivity index (χ4v) is 0.592. The molecule has 0 fully saturated rings. The van der Waals surface area contributed by atoms with Gasteiger partial charge in [0.2, 0.25) is 5.91 Å². The number of hydrogen-bond acceptors (Lipinski definition) is 1. The topological polar surface area (TPSA) is 29.1 Å². The molecule has 0 bridgehead atoms. The van der Waals surface area contributed by atoms with Gasteiger partial charge in [-0.25, -0.2) is 0 Å². The predicted octanol–water partition coefficient (Wildman–Crippen LogP) is 3.86. The van der Waals surface area contributed by atoms with Crippen molar-refractivity contribution in [3.05, 3.63) is 0 Å². The van der Waals surface area contributed by atoms with Gasteiger partial charge in [-0.3, -0.25) is 4.79 Å². The van der Waals surface area contributed by atoms with Crippen LogP contribution in [0.3, 0.4) is 0 Å². The summed E-state index contributed by atoms with van der Waals surface area (Å²) in [5, 5.41) is 2.84. The number of rotatable bonds is 4. The fourth-order valence-electron chi connectivity index (χ4n) is 0.592. The summed E-state index contributed by atoms with van der Waals surface area (Å²) in [6.07, 6.45) is 2.22. The van der Waals surface area contributed by atoms with Crippen molar-refractivity contribution in [1.29, 1.82) is 0 Å². The highest BCUT2D eigenvalue weighted by molar-refractivity contribution is 5.77. The first kappa shape index (κ1) is 19.1. The van der Waals surface area contributed by atoms with Crippen molar-refractivity contribution < 1.29 is 6.22 Å². The van der Waals surface area contributed by atoms with Gasteiger partial charge in [-0.1, -0.05) is 54.9 Å². The van der Waals surface area contributed by atoms with Crippen molar-refractivity contribution in [3.8, 4) is 0 Å². The lowest BCUT2D eigenvalue weighted by Gasteiger charge is -2.05. The molecule has 0 atom stereocenters. The Hall–Kier alpha value is -0.530. The van der Waals surface area contributed by atoms with Crippen LogP contribution in [-0.4, -0.2) is 12.5 Å². The van der Waals surface area contributed by atoms with Crippen molar-refractivity contribution in [2.45, 2.75) is 61.3 Å². The van der Waals surface area contributed by atoms with Crippen molar-refractivity contribution in [2.24, 2.45) is 5.92 Å². The van der Waals surface area contributed by atoms with E-state index in [2.05, 4.69) is 12.2 Å². The molecule has 0 radical (unpaired) electrons. The first-order valence-corrected chi connectivity index (χ1v) is 5.96. The Morgan fingerprint density at radius 3 is 1.93 bits per heavy atom. The number of carbonyl (C=O) groups is 1. The third kappa shape index (κ3) is 17.5. The van der Waals surface area contributed by atoms with Gasteiger partial charge in [0.1, 0.15) is 0 Å². The third-order valence-electron chi connectivity index (χ3n) is 1.35. The zero-order valence-corrected chi connectivity index (χ0v) is 11.1. The van der Waals surface area contributed by atoms with Gasteiger partial charge in [-0.05, 0) is 6.42 Å². The lowest BCUT2D eigenvalue weighted by molar-refractivity contribution is -0.123. The van der Waals surface area contributed by atoms with E-state index >= 15 is 0 Å². The molecule has 1 N–H and O–H groups in total. The maximum absolute atomic E-state index is 10.9. The van der Waals surface area contributed by atoms with E-state index in [1.54, 1.807) is 0 Å². The molecule has 0 saturated heterocycles. The van der Waals surface area contributed by atoms with E-state index in [9.17, 15) is 4.79 Å². The summed E-state index contributed by atoms with van der Waals surface area (Å²) in [5.41, 5.74) is 0. The molecule has 1 amide bonds. The molecule has 0 aromatic carbocycles. The molecule has 0 unspecified atom stereocenters. The number of nitrogens with one attached hydrogen (secondary N) is 1. The number of unbranched alkanes of at least 4 members (excludes halogenated alkanes) is 1. The van der Waals surface area contributed by atoms with Crippen LogP contribution >= 0.6 is 0 Å². The van der Waals surface area contributed by atoms with Crippen LogP contribution in [0.2, 0.25) is 0 Å². The Bertz CT molecular complexity index is 106. The van der Waals surface area contributed by atoms with Gasteiger partial charge in [0.15, 0.2) is 0 Å². The molecule has 0 aliphatic heterocycles. The Balaban J connectivity index is -0.000000107. The second-order valence-corrected chi connectivity index (χ2v) is 2.80. The number of amides is 1. The van der Waals surface area contributed by atoms with Crippen molar-refractivity contribution in [3.63, 3.8) is 0 Å². The molecular formula is C12H31NO. The quantitative estimate of drug-likeness (QED) is 0.694. The third-order valence-corrected chi connectivity index (χ3v) is 1.35. The van der Waals surface area contributed by atoms with Gasteiger partial charge in [0.05, 0.1) is 0 Å². The summed E-state index contributed by atoms with van der Waals surface area (Å²) in [7, 11) is 0. The van der Waals surface area contributed by atoms with E-state index in [1.165, 1.54) is 0 Å². The van der Waals surface area contributed by atoms with Crippen LogP contribution < -0.4 is 5.32 Å². The standard InChI is InChI=1S/C8H17NO.2C2H6.H2/c1-4-5-6-9-8(10)7(2)3;2*1-2;/h7H,4-6H2,1-3H3,(H,9,10);2*1-2H3;1H. The minimum Gasteiger partial charge on any atom is -0.356 e. The molecule has 0 heterocycles. The van der Waals surface area contributed by atoms with E-state index in [1.807, 2.05) is 41.5 Å². The molecule has 14 heavy (non-hydrogen) atoms. The van der Waals surface area contributed by atoms with E-state index in [0.29, 0.717) is 0 Å². The minimum absolute atomic E-state index is 0. The minimum atomic E-state index is 0. The molecule has 0 aliphatic carbocycles. The van der Waals surface area contributed by atoms with E-state index < -0.39 is 0 Å². The zero-order valence-electron chi connectivity index (χ0n) is 11.1. The summed E-state index contributed by atoms with van der Waals surface area (Å²) in [5.74, 6) is 0.283. The first-order valence-electron chi connectivity index (χ1n) is 5.96. The lowest BCUT2D eigenvalue weighted by Crippen LogP contribution is -2.28. The second-order valence-electron chi connectivity index (χ2n) is 2.80. The van der Waals surface area contributed by atoms with Gasteiger partial charge in [0, 0.05) is 13.9 Å². The normalized spacial score (nSPS) is 8.00. The molecule has 0 aromatic rings. The number of carbonyl (C=O) groups excluding carboxylic acids is 1. The van der Waals surface area contributed by atoms with Crippen LogP contribution in [0.5, 0.6) is 0 Å². The van der Waals surface area contributed by atoms with Gasteiger partial charge < -0.3 is 5.32 Å². The molecule has 90 valence electrons. The van der Waals surface area contributed by atoms with Gasteiger partial charge >= 0.3 is 0 Å². The zero-order chi connectivity index (χ0) is 12.0. The monoisotopic (exact) mass is 205 g/mol. The van der Waals surface area contributed by atoms with Gasteiger partial charge in [-0.2, -0.15) is 0 Å². The highest BCUT2D eigenvalue weighted by Crippen LogP contribution is 1.91. The Morgan fingerprint density at radius 1 is 1.21 bits per heavy atom. The van der Waals surface area contributed by atoms with Crippen LogP contribution in [0.15, 0.2) is 0 Å². The highest BCUT2D eigenvalue weighted by atomic mass is 16.1. The SMILES string of the molecule is CC.CC.CCCCNC(=O)C(C)C.[HH]. The van der Waals surface area contributed by atoms with Crippen molar-refractivity contribution in [2.75, 3.05) is 6.54 Å². The Kier molecular flexibility index (Phi) is 25.0. The summed E-state index contributed by atoms with van der Waals surface area (Å²) in [6, 6.07) is 0. The maximum atomic E-state index is 10.9. The average Bonchev–Trinajstić information content (AvgIpc) is 2.24.